The first-order chi connectivity index (χ1) is 9.26. The van der Waals surface area contributed by atoms with Crippen molar-refractivity contribution in [3.05, 3.63) is 35.9 Å². The third-order valence-electron chi connectivity index (χ3n) is 5.11. The van der Waals surface area contributed by atoms with E-state index in [0.29, 0.717) is 11.8 Å². The molecular formula is C16H22N2O. The van der Waals surface area contributed by atoms with Crippen molar-refractivity contribution >= 4 is 5.91 Å². The van der Waals surface area contributed by atoms with Crippen molar-refractivity contribution in [3.63, 3.8) is 0 Å². The molecule has 1 saturated carbocycles. The molecular weight excluding hydrogens is 236 g/mol. The van der Waals surface area contributed by atoms with Gasteiger partial charge in [0.05, 0.1) is 5.41 Å². The van der Waals surface area contributed by atoms with Gasteiger partial charge in [-0.1, -0.05) is 36.8 Å². The van der Waals surface area contributed by atoms with Gasteiger partial charge in [-0.25, -0.2) is 0 Å². The fourth-order valence-corrected chi connectivity index (χ4v) is 3.97. The quantitative estimate of drug-likeness (QED) is 0.865. The van der Waals surface area contributed by atoms with E-state index in [1.54, 1.807) is 0 Å². The zero-order valence-corrected chi connectivity index (χ0v) is 11.3. The Morgan fingerprint density at radius 1 is 1.16 bits per heavy atom. The zero-order valence-electron chi connectivity index (χ0n) is 11.3. The Labute approximate surface area is 114 Å². The molecule has 102 valence electrons. The van der Waals surface area contributed by atoms with Gasteiger partial charge >= 0.3 is 0 Å². The van der Waals surface area contributed by atoms with Gasteiger partial charge in [0, 0.05) is 0 Å². The van der Waals surface area contributed by atoms with E-state index in [4.69, 9.17) is 5.73 Å². The van der Waals surface area contributed by atoms with Gasteiger partial charge in [-0.05, 0) is 49.8 Å². The average molecular weight is 258 g/mol. The third kappa shape index (κ3) is 1.88. The molecule has 0 radical (unpaired) electrons. The zero-order chi connectivity index (χ0) is 13.3. The van der Waals surface area contributed by atoms with Crippen molar-refractivity contribution in [2.24, 2.45) is 17.6 Å². The van der Waals surface area contributed by atoms with Crippen LogP contribution in [0.25, 0.3) is 0 Å². The van der Waals surface area contributed by atoms with E-state index in [9.17, 15) is 4.79 Å². The largest absolute Gasteiger partial charge is 0.369 e. The van der Waals surface area contributed by atoms with Crippen molar-refractivity contribution in [2.45, 2.75) is 31.1 Å². The second kappa shape index (κ2) is 4.97. The molecule has 3 heteroatoms. The first-order valence-electron chi connectivity index (χ1n) is 7.32. The van der Waals surface area contributed by atoms with E-state index >= 15 is 0 Å². The molecule has 1 heterocycles. The molecule has 0 spiro atoms. The number of carbonyl (C=O) groups excluding carboxylic acids is 1. The lowest BCUT2D eigenvalue weighted by atomic mass is 9.55. The molecule has 1 aliphatic heterocycles. The maximum absolute atomic E-state index is 12.4. The van der Waals surface area contributed by atoms with Gasteiger partial charge in [0.25, 0.3) is 0 Å². The topological polar surface area (TPSA) is 55.1 Å². The summed E-state index contributed by atoms with van der Waals surface area (Å²) < 4.78 is 0. The lowest BCUT2D eigenvalue weighted by molar-refractivity contribution is -0.129. The number of hydrogen-bond donors (Lipinski definition) is 2. The Bertz CT molecular complexity index is 449. The maximum Gasteiger partial charge on any atom is 0.228 e. The van der Waals surface area contributed by atoms with Crippen molar-refractivity contribution in [2.75, 3.05) is 13.1 Å². The minimum atomic E-state index is -0.455. The normalized spacial score (nSPS) is 26.6. The second-order valence-electron chi connectivity index (χ2n) is 5.92. The SMILES string of the molecule is NC(=O)C(c1ccccc1)(C1CCC1)[C@@H]1CCNC1. The van der Waals surface area contributed by atoms with E-state index in [-0.39, 0.29) is 5.91 Å². The van der Waals surface area contributed by atoms with Gasteiger partial charge in [-0.3, -0.25) is 4.79 Å². The molecule has 1 amide bonds. The summed E-state index contributed by atoms with van der Waals surface area (Å²) in [6.07, 6.45) is 4.55. The first kappa shape index (κ1) is 12.7. The summed E-state index contributed by atoms with van der Waals surface area (Å²) >= 11 is 0. The molecule has 1 aromatic rings. The van der Waals surface area contributed by atoms with Gasteiger partial charge in [0.1, 0.15) is 0 Å². The molecule has 3 rings (SSSR count). The highest BCUT2D eigenvalue weighted by atomic mass is 16.1. The Morgan fingerprint density at radius 2 is 1.89 bits per heavy atom. The average Bonchev–Trinajstić information content (AvgIpc) is 2.88. The second-order valence-corrected chi connectivity index (χ2v) is 5.92. The van der Waals surface area contributed by atoms with Crippen molar-refractivity contribution < 1.29 is 4.79 Å². The number of rotatable bonds is 4. The molecule has 1 saturated heterocycles. The summed E-state index contributed by atoms with van der Waals surface area (Å²) in [6.45, 7) is 1.91. The van der Waals surface area contributed by atoms with Gasteiger partial charge in [-0.15, -0.1) is 0 Å². The van der Waals surface area contributed by atoms with Crippen LogP contribution in [-0.2, 0) is 10.2 Å². The Hall–Kier alpha value is -1.35. The van der Waals surface area contributed by atoms with Crippen LogP contribution in [0.3, 0.4) is 0 Å². The van der Waals surface area contributed by atoms with E-state index in [2.05, 4.69) is 17.4 Å². The van der Waals surface area contributed by atoms with E-state index in [1.807, 2.05) is 18.2 Å². The van der Waals surface area contributed by atoms with E-state index in [1.165, 1.54) is 6.42 Å². The number of carbonyl (C=O) groups is 1. The third-order valence-corrected chi connectivity index (χ3v) is 5.11. The molecule has 1 unspecified atom stereocenters. The number of benzene rings is 1. The molecule has 2 atom stereocenters. The van der Waals surface area contributed by atoms with Crippen LogP contribution in [0.2, 0.25) is 0 Å². The molecule has 0 aromatic heterocycles. The monoisotopic (exact) mass is 258 g/mol. The molecule has 19 heavy (non-hydrogen) atoms. The highest BCUT2D eigenvalue weighted by Gasteiger charge is 2.53. The number of nitrogens with one attached hydrogen (secondary N) is 1. The molecule has 1 aliphatic carbocycles. The number of nitrogens with two attached hydrogens (primary N) is 1. The van der Waals surface area contributed by atoms with Gasteiger partial charge in [0.15, 0.2) is 0 Å². The molecule has 3 nitrogen and oxygen atoms in total. The predicted molar refractivity (Wildman–Crippen MR) is 75.6 cm³/mol. The Kier molecular flexibility index (Phi) is 3.31. The molecule has 2 aliphatic rings. The Morgan fingerprint density at radius 3 is 2.37 bits per heavy atom. The highest BCUT2D eigenvalue weighted by Crippen LogP contribution is 2.50. The summed E-state index contributed by atoms with van der Waals surface area (Å²) in [5.74, 6) is 0.645. The fraction of sp³-hybridized carbons (Fsp3) is 0.562. The van der Waals surface area contributed by atoms with Crippen LogP contribution in [0.5, 0.6) is 0 Å². The highest BCUT2D eigenvalue weighted by molar-refractivity contribution is 5.88. The van der Waals surface area contributed by atoms with Crippen molar-refractivity contribution in [1.82, 2.24) is 5.32 Å². The van der Waals surface area contributed by atoms with Crippen LogP contribution in [0.15, 0.2) is 30.3 Å². The minimum Gasteiger partial charge on any atom is -0.369 e. The van der Waals surface area contributed by atoms with Crippen LogP contribution < -0.4 is 11.1 Å². The minimum absolute atomic E-state index is 0.128. The van der Waals surface area contributed by atoms with Crippen LogP contribution in [0, 0.1) is 11.8 Å². The van der Waals surface area contributed by atoms with E-state index < -0.39 is 5.41 Å². The van der Waals surface area contributed by atoms with Gasteiger partial charge < -0.3 is 11.1 Å². The summed E-state index contributed by atoms with van der Waals surface area (Å²) in [7, 11) is 0. The summed E-state index contributed by atoms with van der Waals surface area (Å²) in [6, 6.07) is 10.2. The Balaban J connectivity index is 2.08. The number of primary amides is 1. The van der Waals surface area contributed by atoms with Crippen LogP contribution in [0.1, 0.15) is 31.2 Å². The fourth-order valence-electron chi connectivity index (χ4n) is 3.97. The maximum atomic E-state index is 12.4. The smallest absolute Gasteiger partial charge is 0.228 e. The molecule has 2 fully saturated rings. The van der Waals surface area contributed by atoms with Crippen LogP contribution >= 0.6 is 0 Å². The number of hydrogen-bond acceptors (Lipinski definition) is 2. The summed E-state index contributed by atoms with van der Waals surface area (Å²) in [4.78, 5) is 12.4. The predicted octanol–water partition coefficient (Wildman–Crippen LogP) is 1.82. The van der Waals surface area contributed by atoms with Crippen molar-refractivity contribution in [3.8, 4) is 0 Å². The molecule has 1 aromatic carbocycles. The summed E-state index contributed by atoms with van der Waals surface area (Å²) in [5, 5.41) is 3.40. The molecule has 3 N–H and O–H groups in total. The van der Waals surface area contributed by atoms with Crippen LogP contribution in [0.4, 0.5) is 0 Å². The number of amides is 1. The molecule has 0 bridgehead atoms. The first-order valence-corrected chi connectivity index (χ1v) is 7.32. The summed E-state index contributed by atoms with van der Waals surface area (Å²) in [5.41, 5.74) is 6.60. The van der Waals surface area contributed by atoms with Gasteiger partial charge in [0.2, 0.25) is 5.91 Å². The van der Waals surface area contributed by atoms with E-state index in [0.717, 1.165) is 37.9 Å². The van der Waals surface area contributed by atoms with Crippen molar-refractivity contribution in [1.29, 1.82) is 0 Å². The standard InChI is InChI=1S/C16H22N2O/c17-15(19)16(13-7-4-8-13,14-9-10-18-11-14)12-5-2-1-3-6-12/h1-3,5-6,13-14,18H,4,7-11H2,(H2,17,19)/t14-,16?/m1/s1. The van der Waals surface area contributed by atoms with Crippen LogP contribution in [-0.4, -0.2) is 19.0 Å². The lowest BCUT2D eigenvalue weighted by Crippen LogP contribution is -2.55. The van der Waals surface area contributed by atoms with Gasteiger partial charge in [-0.2, -0.15) is 0 Å². The lowest BCUT2D eigenvalue weighted by Gasteiger charge is -2.47.